The van der Waals surface area contributed by atoms with Gasteiger partial charge in [-0.3, -0.25) is 14.5 Å². The highest BCUT2D eigenvalue weighted by atomic mass is 16.7. The summed E-state index contributed by atoms with van der Waals surface area (Å²) in [6.07, 6.45) is 1.45. The van der Waals surface area contributed by atoms with Crippen LogP contribution in [0.4, 0.5) is 10.5 Å². The van der Waals surface area contributed by atoms with Gasteiger partial charge in [-0.05, 0) is 35.9 Å². The first-order valence-corrected chi connectivity index (χ1v) is 7.89. The number of para-hydroxylation sites is 1. The summed E-state index contributed by atoms with van der Waals surface area (Å²) in [4.78, 5) is 39.7. The van der Waals surface area contributed by atoms with Crippen LogP contribution in [0.1, 0.15) is 5.56 Å². The van der Waals surface area contributed by atoms with Gasteiger partial charge in [0.15, 0.2) is 11.5 Å². The summed E-state index contributed by atoms with van der Waals surface area (Å²) in [6, 6.07) is 12.9. The molecule has 7 nitrogen and oxygen atoms in total. The molecule has 1 saturated heterocycles. The van der Waals surface area contributed by atoms with Crippen molar-refractivity contribution in [3.05, 3.63) is 59.7 Å². The first kappa shape index (κ1) is 15.9. The molecule has 0 spiro atoms. The van der Waals surface area contributed by atoms with E-state index < -0.39 is 17.8 Å². The number of benzene rings is 2. The number of barbiturate groups is 1. The van der Waals surface area contributed by atoms with Gasteiger partial charge in [-0.1, -0.05) is 24.3 Å². The van der Waals surface area contributed by atoms with Crippen molar-refractivity contribution >= 4 is 29.6 Å². The molecule has 0 aliphatic carbocycles. The molecule has 2 aliphatic rings. The van der Waals surface area contributed by atoms with E-state index in [2.05, 4.69) is 0 Å². The van der Waals surface area contributed by atoms with Crippen LogP contribution in [0.5, 0.6) is 11.5 Å². The summed E-state index contributed by atoms with van der Waals surface area (Å²) < 4.78 is 10.6. The second kappa shape index (κ2) is 6.03. The maximum Gasteiger partial charge on any atom is 0.338 e. The molecule has 0 unspecified atom stereocenters. The van der Waals surface area contributed by atoms with E-state index in [-0.39, 0.29) is 12.4 Å². The lowest BCUT2D eigenvalue weighted by atomic mass is 10.1. The van der Waals surface area contributed by atoms with Crippen molar-refractivity contribution in [3.8, 4) is 11.5 Å². The maximum absolute atomic E-state index is 12.9. The number of likely N-dealkylation sites (N-methyl/N-ethyl adjacent to an activating group) is 1. The van der Waals surface area contributed by atoms with E-state index in [1.807, 2.05) is 0 Å². The first-order valence-electron chi connectivity index (χ1n) is 7.89. The number of hydrogen-bond acceptors (Lipinski definition) is 5. The Bertz CT molecular complexity index is 952. The predicted molar refractivity (Wildman–Crippen MR) is 92.6 cm³/mol. The summed E-state index contributed by atoms with van der Waals surface area (Å²) in [7, 11) is 1.35. The summed E-state index contributed by atoms with van der Waals surface area (Å²) in [5.74, 6) is -0.169. The van der Waals surface area contributed by atoms with E-state index in [9.17, 15) is 14.4 Å². The lowest BCUT2D eigenvalue weighted by Gasteiger charge is -2.31. The fourth-order valence-electron chi connectivity index (χ4n) is 2.81. The van der Waals surface area contributed by atoms with Gasteiger partial charge in [0.2, 0.25) is 6.79 Å². The highest BCUT2D eigenvalue weighted by Crippen LogP contribution is 2.33. The number of ether oxygens (including phenoxy) is 2. The number of nitrogens with zero attached hydrogens (tertiary/aromatic N) is 2. The van der Waals surface area contributed by atoms with Crippen molar-refractivity contribution in [2.75, 3.05) is 18.7 Å². The smallest absolute Gasteiger partial charge is 0.338 e. The Morgan fingerprint density at radius 2 is 1.65 bits per heavy atom. The van der Waals surface area contributed by atoms with Gasteiger partial charge < -0.3 is 9.47 Å². The highest BCUT2D eigenvalue weighted by molar-refractivity contribution is 6.39. The molecule has 130 valence electrons. The van der Waals surface area contributed by atoms with E-state index in [0.29, 0.717) is 22.7 Å². The molecule has 0 saturated carbocycles. The minimum Gasteiger partial charge on any atom is -0.454 e. The Balaban J connectivity index is 1.76. The van der Waals surface area contributed by atoms with Gasteiger partial charge in [0, 0.05) is 7.05 Å². The zero-order valence-electron chi connectivity index (χ0n) is 13.8. The molecule has 0 atom stereocenters. The van der Waals surface area contributed by atoms with Crippen molar-refractivity contribution in [1.29, 1.82) is 0 Å². The van der Waals surface area contributed by atoms with Crippen LogP contribution in [0.25, 0.3) is 6.08 Å². The van der Waals surface area contributed by atoms with Gasteiger partial charge in [-0.2, -0.15) is 0 Å². The number of rotatable bonds is 2. The third kappa shape index (κ3) is 2.50. The zero-order valence-corrected chi connectivity index (χ0v) is 13.8. The largest absolute Gasteiger partial charge is 0.454 e. The van der Waals surface area contributed by atoms with E-state index in [4.69, 9.17) is 9.47 Å². The number of imide groups is 2. The summed E-state index contributed by atoms with van der Waals surface area (Å²) in [5, 5.41) is 0. The molecule has 0 bridgehead atoms. The van der Waals surface area contributed by atoms with Gasteiger partial charge in [0.05, 0.1) is 5.69 Å². The average molecular weight is 350 g/mol. The van der Waals surface area contributed by atoms with Gasteiger partial charge in [-0.25, -0.2) is 9.69 Å². The molecule has 2 aromatic carbocycles. The first-order chi connectivity index (χ1) is 12.6. The molecule has 2 aliphatic heterocycles. The molecule has 1 fully saturated rings. The lowest BCUT2D eigenvalue weighted by Crippen LogP contribution is -2.55. The molecule has 0 N–H and O–H groups in total. The minimum atomic E-state index is -0.686. The topological polar surface area (TPSA) is 76.2 Å². The second-order valence-electron chi connectivity index (χ2n) is 5.79. The van der Waals surface area contributed by atoms with Crippen molar-refractivity contribution in [3.63, 3.8) is 0 Å². The van der Waals surface area contributed by atoms with Crippen LogP contribution in [-0.4, -0.2) is 36.6 Å². The average Bonchev–Trinajstić information content (AvgIpc) is 3.12. The van der Waals surface area contributed by atoms with Gasteiger partial charge in [0.1, 0.15) is 5.57 Å². The Morgan fingerprint density at radius 3 is 2.42 bits per heavy atom. The van der Waals surface area contributed by atoms with E-state index in [1.54, 1.807) is 48.5 Å². The number of anilines is 1. The molecular weight excluding hydrogens is 336 g/mol. The standard InChI is InChI=1S/C19H14N2O5/c1-20-17(22)14(9-12-7-8-15-16(10-12)26-11-25-15)18(23)21(19(20)24)13-5-3-2-4-6-13/h2-10H,11H2,1H3. The lowest BCUT2D eigenvalue weighted by molar-refractivity contribution is -0.128. The number of carbonyl (C=O) groups is 3. The Hall–Kier alpha value is -3.61. The fraction of sp³-hybridized carbons (Fsp3) is 0.105. The van der Waals surface area contributed by atoms with Crippen LogP contribution in [-0.2, 0) is 9.59 Å². The highest BCUT2D eigenvalue weighted by Gasteiger charge is 2.40. The molecule has 7 heteroatoms. The van der Waals surface area contributed by atoms with Crippen LogP contribution < -0.4 is 14.4 Å². The summed E-state index contributed by atoms with van der Waals surface area (Å²) in [6.45, 7) is 0.131. The van der Waals surface area contributed by atoms with Crippen LogP contribution >= 0.6 is 0 Å². The van der Waals surface area contributed by atoms with Crippen LogP contribution in [0.2, 0.25) is 0 Å². The molecular formula is C19H14N2O5. The van der Waals surface area contributed by atoms with Gasteiger partial charge in [-0.15, -0.1) is 0 Å². The molecule has 0 aromatic heterocycles. The Morgan fingerprint density at radius 1 is 0.923 bits per heavy atom. The Labute approximate surface area is 149 Å². The van der Waals surface area contributed by atoms with E-state index in [1.165, 1.54) is 13.1 Å². The number of urea groups is 1. The van der Waals surface area contributed by atoms with Gasteiger partial charge >= 0.3 is 6.03 Å². The molecule has 2 heterocycles. The number of hydrogen-bond donors (Lipinski definition) is 0. The normalized spacial score (nSPS) is 18.0. The van der Waals surface area contributed by atoms with Crippen molar-refractivity contribution in [1.82, 2.24) is 4.90 Å². The van der Waals surface area contributed by atoms with E-state index in [0.717, 1.165) is 9.80 Å². The summed E-state index contributed by atoms with van der Waals surface area (Å²) in [5.41, 5.74) is 0.898. The number of fused-ring (bicyclic) bond motifs is 1. The van der Waals surface area contributed by atoms with Crippen LogP contribution in [0, 0.1) is 0 Å². The third-order valence-corrected chi connectivity index (χ3v) is 4.17. The quantitative estimate of drug-likeness (QED) is 0.614. The number of carbonyl (C=O) groups excluding carboxylic acids is 3. The van der Waals surface area contributed by atoms with Crippen molar-refractivity contribution in [2.45, 2.75) is 0 Å². The maximum atomic E-state index is 12.9. The second-order valence-corrected chi connectivity index (χ2v) is 5.79. The van der Waals surface area contributed by atoms with Crippen molar-refractivity contribution < 1.29 is 23.9 Å². The van der Waals surface area contributed by atoms with Gasteiger partial charge in [0.25, 0.3) is 11.8 Å². The van der Waals surface area contributed by atoms with Crippen molar-refractivity contribution in [2.24, 2.45) is 0 Å². The SMILES string of the molecule is CN1C(=O)C(=Cc2ccc3c(c2)OCO3)C(=O)N(c2ccccc2)C1=O. The Kier molecular flexibility index (Phi) is 3.69. The molecule has 26 heavy (non-hydrogen) atoms. The van der Waals surface area contributed by atoms with E-state index >= 15 is 0 Å². The predicted octanol–water partition coefficient (Wildman–Crippen LogP) is 2.42. The zero-order chi connectivity index (χ0) is 18.3. The van der Waals surface area contributed by atoms with Crippen LogP contribution in [0.3, 0.4) is 0 Å². The third-order valence-electron chi connectivity index (χ3n) is 4.17. The molecule has 0 radical (unpaired) electrons. The fourth-order valence-corrected chi connectivity index (χ4v) is 2.81. The van der Waals surface area contributed by atoms with Crippen LogP contribution in [0.15, 0.2) is 54.1 Å². The molecule has 4 rings (SSSR count). The number of amides is 4. The monoisotopic (exact) mass is 350 g/mol. The molecule has 2 aromatic rings. The summed E-state index contributed by atoms with van der Waals surface area (Å²) >= 11 is 0. The minimum absolute atomic E-state index is 0.102. The molecule has 4 amide bonds.